The van der Waals surface area contributed by atoms with Crippen molar-refractivity contribution < 1.29 is 10.0 Å². The first-order chi connectivity index (χ1) is 8.00. The van der Waals surface area contributed by atoms with Crippen molar-refractivity contribution in [2.45, 2.75) is 25.9 Å². The van der Waals surface area contributed by atoms with Crippen molar-refractivity contribution in [3.05, 3.63) is 26.9 Å². The summed E-state index contributed by atoms with van der Waals surface area (Å²) in [6, 6.07) is 1.41. The van der Waals surface area contributed by atoms with Gasteiger partial charge in [-0.2, -0.15) is 0 Å². The number of halogens is 1. The minimum Gasteiger partial charge on any atom is -0.393 e. The third-order valence-electron chi connectivity index (χ3n) is 2.12. The zero-order chi connectivity index (χ0) is 12.8. The zero-order valence-corrected chi connectivity index (χ0v) is 11.0. The van der Waals surface area contributed by atoms with E-state index in [0.29, 0.717) is 17.4 Å². The maximum atomic E-state index is 10.8. The van der Waals surface area contributed by atoms with Crippen molar-refractivity contribution in [1.29, 1.82) is 0 Å². The monoisotopic (exact) mass is 303 g/mol. The summed E-state index contributed by atoms with van der Waals surface area (Å²) < 4.78 is 0.568. The van der Waals surface area contributed by atoms with E-state index in [1.807, 2.05) is 0 Å². The molecule has 17 heavy (non-hydrogen) atoms. The second-order valence-electron chi connectivity index (χ2n) is 3.70. The number of rotatable bonds is 6. The number of nitro groups is 1. The molecule has 1 aromatic rings. The van der Waals surface area contributed by atoms with Gasteiger partial charge in [-0.1, -0.05) is 0 Å². The van der Waals surface area contributed by atoms with E-state index in [1.54, 1.807) is 6.92 Å². The van der Waals surface area contributed by atoms with Gasteiger partial charge < -0.3 is 10.4 Å². The van der Waals surface area contributed by atoms with Crippen LogP contribution >= 0.6 is 15.9 Å². The van der Waals surface area contributed by atoms with Crippen molar-refractivity contribution in [1.82, 2.24) is 4.98 Å². The Hall–Kier alpha value is -1.21. The normalized spacial score (nSPS) is 12.2. The first kappa shape index (κ1) is 13.9. The van der Waals surface area contributed by atoms with E-state index < -0.39 is 4.92 Å². The van der Waals surface area contributed by atoms with Gasteiger partial charge in [-0.3, -0.25) is 10.1 Å². The van der Waals surface area contributed by atoms with Gasteiger partial charge in [0.05, 0.1) is 11.0 Å². The summed E-state index contributed by atoms with van der Waals surface area (Å²) in [7, 11) is 0. The number of hydrogen-bond donors (Lipinski definition) is 2. The van der Waals surface area contributed by atoms with Crippen LogP contribution in [0.15, 0.2) is 16.7 Å². The van der Waals surface area contributed by atoms with E-state index in [2.05, 4.69) is 26.2 Å². The summed E-state index contributed by atoms with van der Waals surface area (Å²) in [6.45, 7) is 2.25. The maximum Gasteiger partial charge on any atom is 0.312 e. The Kier molecular flexibility index (Phi) is 5.30. The van der Waals surface area contributed by atoms with Crippen LogP contribution in [0.5, 0.6) is 0 Å². The highest BCUT2D eigenvalue weighted by Crippen LogP contribution is 2.25. The lowest BCUT2D eigenvalue weighted by atomic mass is 10.2. The molecule has 0 aliphatic heterocycles. The van der Waals surface area contributed by atoms with Crippen LogP contribution in [-0.2, 0) is 0 Å². The summed E-state index contributed by atoms with van der Waals surface area (Å²) in [5.74, 6) is 0.254. The van der Waals surface area contributed by atoms with Crippen LogP contribution in [0.2, 0.25) is 0 Å². The minimum absolute atomic E-state index is 0.0589. The van der Waals surface area contributed by atoms with E-state index in [0.717, 1.165) is 6.42 Å². The van der Waals surface area contributed by atoms with E-state index in [-0.39, 0.29) is 17.6 Å². The number of aliphatic hydroxyl groups is 1. The molecule has 0 spiro atoms. The van der Waals surface area contributed by atoms with Crippen LogP contribution in [0, 0.1) is 10.1 Å². The third kappa shape index (κ3) is 4.66. The first-order valence-corrected chi connectivity index (χ1v) is 6.02. The summed E-state index contributed by atoms with van der Waals surface area (Å²) in [6.07, 6.45) is 2.53. The van der Waals surface area contributed by atoms with Crippen molar-refractivity contribution >= 4 is 27.4 Å². The number of aromatic nitrogens is 1. The predicted octanol–water partition coefficient (Wildman–Crippen LogP) is 2.33. The van der Waals surface area contributed by atoms with Crippen molar-refractivity contribution in [3.63, 3.8) is 0 Å². The summed E-state index contributed by atoms with van der Waals surface area (Å²) >= 11 is 3.14. The molecule has 0 fully saturated rings. The fourth-order valence-corrected chi connectivity index (χ4v) is 1.63. The minimum atomic E-state index is -0.477. The molecule has 1 rings (SSSR count). The van der Waals surface area contributed by atoms with Gasteiger partial charge in [-0.15, -0.1) is 0 Å². The average Bonchev–Trinajstić information content (AvgIpc) is 2.25. The fourth-order valence-electron chi connectivity index (χ4n) is 1.31. The standard InChI is InChI=1S/C10H14BrN3O3/c1-7(15)3-2-4-12-10-9(14(16)17)5-8(11)6-13-10/h5-7,15H,2-4H2,1H3,(H,12,13). The van der Waals surface area contributed by atoms with Gasteiger partial charge in [0.25, 0.3) is 0 Å². The quantitative estimate of drug-likeness (QED) is 0.478. The number of aliphatic hydroxyl groups excluding tert-OH is 1. The third-order valence-corrected chi connectivity index (χ3v) is 2.56. The molecule has 0 amide bonds. The van der Waals surface area contributed by atoms with Crippen LogP contribution < -0.4 is 5.32 Å². The molecule has 0 aromatic carbocycles. The van der Waals surface area contributed by atoms with Crippen LogP contribution in [0.4, 0.5) is 11.5 Å². The molecule has 94 valence electrons. The first-order valence-electron chi connectivity index (χ1n) is 5.22. The Morgan fingerprint density at radius 2 is 2.41 bits per heavy atom. The molecule has 1 atom stereocenters. The van der Waals surface area contributed by atoms with E-state index in [9.17, 15) is 10.1 Å². The summed E-state index contributed by atoms with van der Waals surface area (Å²) in [5, 5.41) is 22.7. The molecule has 0 saturated heterocycles. The van der Waals surface area contributed by atoms with Crippen LogP contribution in [0.25, 0.3) is 0 Å². The number of hydrogen-bond acceptors (Lipinski definition) is 5. The van der Waals surface area contributed by atoms with Gasteiger partial charge >= 0.3 is 5.69 Å². The van der Waals surface area contributed by atoms with Gasteiger partial charge in [-0.05, 0) is 35.7 Å². The molecule has 6 nitrogen and oxygen atoms in total. The number of anilines is 1. The summed E-state index contributed by atoms with van der Waals surface area (Å²) in [5.41, 5.74) is -0.0589. The van der Waals surface area contributed by atoms with Crippen molar-refractivity contribution in [3.8, 4) is 0 Å². The van der Waals surface area contributed by atoms with Gasteiger partial charge in [-0.25, -0.2) is 4.98 Å². The molecule has 0 radical (unpaired) electrons. The van der Waals surface area contributed by atoms with Gasteiger partial charge in [0.1, 0.15) is 0 Å². The topological polar surface area (TPSA) is 88.3 Å². The van der Waals surface area contributed by atoms with Crippen molar-refractivity contribution in [2.75, 3.05) is 11.9 Å². The molecular formula is C10H14BrN3O3. The second kappa shape index (κ2) is 6.51. The lowest BCUT2D eigenvalue weighted by Crippen LogP contribution is -2.09. The van der Waals surface area contributed by atoms with Gasteiger partial charge in [0, 0.05) is 23.3 Å². The molecule has 7 heteroatoms. The summed E-state index contributed by atoms with van der Waals surface area (Å²) in [4.78, 5) is 14.3. The van der Waals surface area contributed by atoms with Crippen LogP contribution in [0.1, 0.15) is 19.8 Å². The Morgan fingerprint density at radius 3 is 3.00 bits per heavy atom. The molecule has 0 bridgehead atoms. The van der Waals surface area contributed by atoms with Crippen LogP contribution in [0.3, 0.4) is 0 Å². The maximum absolute atomic E-state index is 10.8. The van der Waals surface area contributed by atoms with E-state index in [1.165, 1.54) is 12.3 Å². The molecular weight excluding hydrogens is 290 g/mol. The van der Waals surface area contributed by atoms with Crippen LogP contribution in [-0.4, -0.2) is 27.7 Å². The molecule has 1 unspecified atom stereocenters. The largest absolute Gasteiger partial charge is 0.393 e. The van der Waals surface area contributed by atoms with E-state index >= 15 is 0 Å². The Balaban J connectivity index is 2.61. The molecule has 0 aliphatic carbocycles. The molecule has 1 aromatic heterocycles. The van der Waals surface area contributed by atoms with Gasteiger partial charge in [0.2, 0.25) is 5.82 Å². The fraction of sp³-hybridized carbons (Fsp3) is 0.500. The Morgan fingerprint density at radius 1 is 1.71 bits per heavy atom. The van der Waals surface area contributed by atoms with E-state index in [4.69, 9.17) is 5.11 Å². The second-order valence-corrected chi connectivity index (χ2v) is 4.61. The number of nitrogens with one attached hydrogen (secondary N) is 1. The van der Waals surface area contributed by atoms with Gasteiger partial charge in [0.15, 0.2) is 0 Å². The molecule has 2 N–H and O–H groups in total. The zero-order valence-electron chi connectivity index (χ0n) is 9.39. The lowest BCUT2D eigenvalue weighted by Gasteiger charge is -2.07. The predicted molar refractivity (Wildman–Crippen MR) is 68.0 cm³/mol. The van der Waals surface area contributed by atoms with Crippen molar-refractivity contribution in [2.24, 2.45) is 0 Å². The highest BCUT2D eigenvalue weighted by Gasteiger charge is 2.15. The highest BCUT2D eigenvalue weighted by atomic mass is 79.9. The lowest BCUT2D eigenvalue weighted by molar-refractivity contribution is -0.384. The highest BCUT2D eigenvalue weighted by molar-refractivity contribution is 9.10. The number of pyridine rings is 1. The Labute approximate surface area is 107 Å². The molecule has 0 aliphatic rings. The average molecular weight is 304 g/mol. The SMILES string of the molecule is CC(O)CCCNc1ncc(Br)cc1[N+](=O)[O-]. The Bertz CT molecular complexity index is 398. The molecule has 1 heterocycles. The smallest absolute Gasteiger partial charge is 0.312 e. The molecule has 0 saturated carbocycles. The number of nitrogens with zero attached hydrogens (tertiary/aromatic N) is 2.